The highest BCUT2D eigenvalue weighted by molar-refractivity contribution is 4.81. The predicted molar refractivity (Wildman–Crippen MR) is 69.7 cm³/mol. The van der Waals surface area contributed by atoms with Crippen LogP contribution in [0, 0.1) is 5.92 Å². The van der Waals surface area contributed by atoms with Gasteiger partial charge < -0.3 is 10.1 Å². The molecule has 0 bridgehead atoms. The molecule has 0 aliphatic heterocycles. The third-order valence-corrected chi connectivity index (χ3v) is 3.47. The molecule has 96 valence electrons. The second-order valence-electron chi connectivity index (χ2n) is 5.31. The minimum absolute atomic E-state index is 0.522. The molecule has 0 aromatic heterocycles. The van der Waals surface area contributed by atoms with Crippen molar-refractivity contribution in [2.45, 2.75) is 71.4 Å². The van der Waals surface area contributed by atoms with E-state index in [1.807, 2.05) is 0 Å². The lowest BCUT2D eigenvalue weighted by Gasteiger charge is -2.16. The molecule has 0 aromatic carbocycles. The van der Waals surface area contributed by atoms with Crippen molar-refractivity contribution in [3.8, 4) is 0 Å². The van der Waals surface area contributed by atoms with Crippen LogP contribution in [-0.4, -0.2) is 25.3 Å². The zero-order valence-electron chi connectivity index (χ0n) is 11.3. The zero-order chi connectivity index (χ0) is 11.8. The van der Waals surface area contributed by atoms with Crippen LogP contribution in [0.5, 0.6) is 0 Å². The van der Waals surface area contributed by atoms with Crippen molar-refractivity contribution >= 4 is 0 Å². The first-order chi connectivity index (χ1) is 7.76. The van der Waals surface area contributed by atoms with Gasteiger partial charge in [0.2, 0.25) is 0 Å². The second kappa shape index (κ2) is 8.08. The molecule has 1 aliphatic carbocycles. The Labute approximate surface area is 101 Å². The van der Waals surface area contributed by atoms with Gasteiger partial charge in [0, 0.05) is 12.6 Å². The molecule has 0 aromatic rings. The van der Waals surface area contributed by atoms with E-state index in [4.69, 9.17) is 4.74 Å². The summed E-state index contributed by atoms with van der Waals surface area (Å²) in [6.45, 7) is 8.88. The van der Waals surface area contributed by atoms with Gasteiger partial charge in [0.25, 0.3) is 0 Å². The van der Waals surface area contributed by atoms with E-state index in [9.17, 15) is 0 Å². The number of rotatable bonds is 8. The van der Waals surface area contributed by atoms with Gasteiger partial charge in [-0.1, -0.05) is 27.2 Å². The monoisotopic (exact) mass is 227 g/mol. The van der Waals surface area contributed by atoms with Crippen molar-refractivity contribution in [2.75, 3.05) is 13.2 Å². The van der Waals surface area contributed by atoms with Gasteiger partial charge in [-0.15, -0.1) is 0 Å². The quantitative estimate of drug-likeness (QED) is 0.686. The van der Waals surface area contributed by atoms with Gasteiger partial charge in [-0.25, -0.2) is 0 Å². The molecule has 0 saturated heterocycles. The largest absolute Gasteiger partial charge is 0.378 e. The average molecular weight is 227 g/mol. The summed E-state index contributed by atoms with van der Waals surface area (Å²) < 4.78 is 5.99. The summed E-state index contributed by atoms with van der Waals surface area (Å²) in [5.74, 6) is 0.729. The maximum absolute atomic E-state index is 5.99. The lowest BCUT2D eigenvalue weighted by molar-refractivity contribution is 0.0339. The smallest absolute Gasteiger partial charge is 0.0590 e. The number of hydrogen-bond acceptors (Lipinski definition) is 2. The lowest BCUT2D eigenvalue weighted by atomic mass is 10.1. The van der Waals surface area contributed by atoms with E-state index in [0.717, 1.165) is 19.1 Å². The Balaban J connectivity index is 2.07. The predicted octanol–water partition coefficient (Wildman–Crippen LogP) is 3.36. The molecule has 1 rings (SSSR count). The molecule has 1 saturated carbocycles. The third-order valence-electron chi connectivity index (χ3n) is 3.47. The Kier molecular flexibility index (Phi) is 7.06. The Morgan fingerprint density at radius 2 is 2.06 bits per heavy atom. The SMILES string of the molecule is CCCNC1CCC(OCC(C)CCC)C1. The molecule has 2 heteroatoms. The molecule has 3 unspecified atom stereocenters. The average Bonchev–Trinajstić information content (AvgIpc) is 2.72. The maximum atomic E-state index is 5.99. The fourth-order valence-corrected chi connectivity index (χ4v) is 2.50. The molecule has 1 N–H and O–H groups in total. The van der Waals surface area contributed by atoms with Crippen molar-refractivity contribution in [3.05, 3.63) is 0 Å². The standard InChI is InChI=1S/C14H29NO/c1-4-6-12(3)11-16-14-8-7-13(10-14)15-9-5-2/h12-15H,4-11H2,1-3H3. The van der Waals surface area contributed by atoms with Crippen LogP contribution in [0.25, 0.3) is 0 Å². The van der Waals surface area contributed by atoms with E-state index in [2.05, 4.69) is 26.1 Å². The van der Waals surface area contributed by atoms with E-state index in [-0.39, 0.29) is 0 Å². The van der Waals surface area contributed by atoms with Gasteiger partial charge in [0.1, 0.15) is 0 Å². The Hall–Kier alpha value is -0.0800. The highest BCUT2D eigenvalue weighted by Crippen LogP contribution is 2.23. The van der Waals surface area contributed by atoms with E-state index in [1.165, 1.54) is 38.5 Å². The fourth-order valence-electron chi connectivity index (χ4n) is 2.50. The Morgan fingerprint density at radius 3 is 2.75 bits per heavy atom. The molecule has 1 fully saturated rings. The molecule has 0 spiro atoms. The van der Waals surface area contributed by atoms with Gasteiger partial charge in [-0.3, -0.25) is 0 Å². The zero-order valence-corrected chi connectivity index (χ0v) is 11.3. The minimum atomic E-state index is 0.522. The first kappa shape index (κ1) is 14.0. The van der Waals surface area contributed by atoms with Gasteiger partial charge >= 0.3 is 0 Å². The summed E-state index contributed by atoms with van der Waals surface area (Å²) in [6, 6.07) is 0.714. The summed E-state index contributed by atoms with van der Waals surface area (Å²) in [7, 11) is 0. The van der Waals surface area contributed by atoms with Crippen LogP contribution in [-0.2, 0) is 4.74 Å². The summed E-state index contributed by atoms with van der Waals surface area (Å²) >= 11 is 0. The Morgan fingerprint density at radius 1 is 1.25 bits per heavy atom. The molecule has 1 aliphatic rings. The van der Waals surface area contributed by atoms with Crippen molar-refractivity contribution in [2.24, 2.45) is 5.92 Å². The van der Waals surface area contributed by atoms with E-state index >= 15 is 0 Å². The number of nitrogens with one attached hydrogen (secondary N) is 1. The van der Waals surface area contributed by atoms with Crippen LogP contribution < -0.4 is 5.32 Å². The number of ether oxygens (including phenoxy) is 1. The Bertz CT molecular complexity index is 172. The van der Waals surface area contributed by atoms with Crippen LogP contribution in [0.2, 0.25) is 0 Å². The second-order valence-corrected chi connectivity index (χ2v) is 5.31. The van der Waals surface area contributed by atoms with Gasteiger partial charge in [0.15, 0.2) is 0 Å². The maximum Gasteiger partial charge on any atom is 0.0590 e. The van der Waals surface area contributed by atoms with Crippen LogP contribution in [0.3, 0.4) is 0 Å². The summed E-state index contributed by atoms with van der Waals surface area (Å²) in [4.78, 5) is 0. The normalized spacial score (nSPS) is 27.2. The summed E-state index contributed by atoms with van der Waals surface area (Å²) in [5.41, 5.74) is 0. The third kappa shape index (κ3) is 5.31. The minimum Gasteiger partial charge on any atom is -0.378 e. The van der Waals surface area contributed by atoms with Crippen LogP contribution in [0.1, 0.15) is 59.3 Å². The number of hydrogen-bond donors (Lipinski definition) is 1. The molecular weight excluding hydrogens is 198 g/mol. The first-order valence-electron chi connectivity index (χ1n) is 7.11. The topological polar surface area (TPSA) is 21.3 Å². The van der Waals surface area contributed by atoms with Crippen LogP contribution in [0.4, 0.5) is 0 Å². The van der Waals surface area contributed by atoms with Crippen LogP contribution in [0.15, 0.2) is 0 Å². The molecule has 0 heterocycles. The molecular formula is C14H29NO. The fraction of sp³-hybridized carbons (Fsp3) is 1.00. The van der Waals surface area contributed by atoms with Crippen molar-refractivity contribution in [1.29, 1.82) is 0 Å². The molecule has 16 heavy (non-hydrogen) atoms. The molecule has 2 nitrogen and oxygen atoms in total. The van der Waals surface area contributed by atoms with Crippen molar-refractivity contribution in [1.82, 2.24) is 5.32 Å². The molecule has 3 atom stereocenters. The van der Waals surface area contributed by atoms with Gasteiger partial charge in [0.05, 0.1) is 6.10 Å². The van der Waals surface area contributed by atoms with E-state index < -0.39 is 0 Å². The lowest BCUT2D eigenvalue weighted by Crippen LogP contribution is -2.28. The summed E-state index contributed by atoms with van der Waals surface area (Å²) in [6.07, 6.45) is 8.09. The van der Waals surface area contributed by atoms with Crippen LogP contribution >= 0.6 is 0 Å². The van der Waals surface area contributed by atoms with Crippen molar-refractivity contribution in [3.63, 3.8) is 0 Å². The van der Waals surface area contributed by atoms with Gasteiger partial charge in [-0.05, 0) is 44.6 Å². The highest BCUT2D eigenvalue weighted by Gasteiger charge is 2.24. The van der Waals surface area contributed by atoms with E-state index in [0.29, 0.717) is 12.1 Å². The highest BCUT2D eigenvalue weighted by atomic mass is 16.5. The first-order valence-corrected chi connectivity index (χ1v) is 7.11. The van der Waals surface area contributed by atoms with E-state index in [1.54, 1.807) is 0 Å². The summed E-state index contributed by atoms with van der Waals surface area (Å²) in [5, 5.41) is 3.59. The molecule has 0 radical (unpaired) electrons. The van der Waals surface area contributed by atoms with Crippen molar-refractivity contribution < 1.29 is 4.74 Å². The van der Waals surface area contributed by atoms with Gasteiger partial charge in [-0.2, -0.15) is 0 Å². The molecule has 0 amide bonds.